The maximum atomic E-state index is 12.7. The molecule has 4 rings (SSSR count). The van der Waals surface area contributed by atoms with Gasteiger partial charge in [-0.25, -0.2) is 9.78 Å². The summed E-state index contributed by atoms with van der Waals surface area (Å²) in [6.45, 7) is 7.97. The third kappa shape index (κ3) is 3.07. The lowest BCUT2D eigenvalue weighted by Gasteiger charge is -2.42. The fourth-order valence-corrected chi connectivity index (χ4v) is 4.71. The lowest BCUT2D eigenvalue weighted by Crippen LogP contribution is -2.52. The predicted molar refractivity (Wildman–Crippen MR) is 109 cm³/mol. The Morgan fingerprint density at radius 2 is 2.07 bits per heavy atom. The summed E-state index contributed by atoms with van der Waals surface area (Å²) in [6, 6.07) is 2.11. The molecular weight excluding hydrogens is 356 g/mol. The second kappa shape index (κ2) is 6.88. The number of carbonyl (C=O) groups is 1. The number of aromatic carboxylic acids is 1. The van der Waals surface area contributed by atoms with Crippen LogP contribution in [0, 0.1) is 18.8 Å². The number of anilines is 1. The standard InChI is InChI=1S/C21H28N4O3/c1-4-14-12(3)8-24(10-17(14)22)19-11(2)7-15-18(26)16(21(27)28)9-25(13-5-6-13)20(15)23-19/h7,9,12-14,17H,4-6,8,10,22H2,1-3H3,(H,27,28)/t12-,14-,17-/m1/s1. The minimum absolute atomic E-state index is 0.0886. The van der Waals surface area contributed by atoms with Crippen molar-refractivity contribution >= 4 is 22.8 Å². The average molecular weight is 384 g/mol. The van der Waals surface area contributed by atoms with E-state index in [9.17, 15) is 14.7 Å². The largest absolute Gasteiger partial charge is 0.477 e. The molecule has 2 aromatic rings. The third-order valence-corrected chi connectivity index (χ3v) is 6.33. The smallest absolute Gasteiger partial charge is 0.341 e. The number of pyridine rings is 2. The van der Waals surface area contributed by atoms with Crippen molar-refractivity contribution in [1.82, 2.24) is 9.55 Å². The van der Waals surface area contributed by atoms with Gasteiger partial charge in [0.1, 0.15) is 17.0 Å². The van der Waals surface area contributed by atoms with Crippen LogP contribution in [0.25, 0.3) is 11.0 Å². The fraction of sp³-hybridized carbons (Fsp3) is 0.571. The molecule has 2 aliphatic rings. The van der Waals surface area contributed by atoms with Gasteiger partial charge in [0.25, 0.3) is 0 Å². The first-order valence-corrected chi connectivity index (χ1v) is 10.1. The van der Waals surface area contributed by atoms with Crippen LogP contribution in [0.2, 0.25) is 0 Å². The highest BCUT2D eigenvalue weighted by atomic mass is 16.4. The normalized spacial score (nSPS) is 25.3. The van der Waals surface area contributed by atoms with E-state index < -0.39 is 11.4 Å². The molecule has 3 heterocycles. The van der Waals surface area contributed by atoms with Crippen molar-refractivity contribution in [1.29, 1.82) is 0 Å². The molecule has 3 N–H and O–H groups in total. The SMILES string of the molecule is CC[C@@H]1[C@H](C)CN(c2nc3c(cc2C)c(=O)c(C(=O)O)cn3C2CC2)C[C@H]1N. The van der Waals surface area contributed by atoms with Crippen molar-refractivity contribution in [3.8, 4) is 0 Å². The van der Waals surface area contributed by atoms with Crippen LogP contribution in [0.1, 0.15) is 55.1 Å². The molecule has 0 radical (unpaired) electrons. The number of aryl methyl sites for hydroxylation is 1. The number of carboxylic acid groups (broad SMARTS) is 1. The maximum Gasteiger partial charge on any atom is 0.341 e. The number of hydrogen-bond acceptors (Lipinski definition) is 5. The summed E-state index contributed by atoms with van der Waals surface area (Å²) in [5.74, 6) is 0.621. The number of aromatic nitrogens is 2. The number of hydrogen-bond donors (Lipinski definition) is 2. The highest BCUT2D eigenvalue weighted by molar-refractivity contribution is 5.92. The fourth-order valence-electron chi connectivity index (χ4n) is 4.71. The summed E-state index contributed by atoms with van der Waals surface area (Å²) in [6.07, 6.45) is 4.49. The van der Waals surface area contributed by atoms with Crippen LogP contribution >= 0.6 is 0 Å². The molecule has 28 heavy (non-hydrogen) atoms. The molecule has 1 aliphatic heterocycles. The van der Waals surface area contributed by atoms with Crippen molar-refractivity contribution in [3.05, 3.63) is 33.6 Å². The molecule has 7 nitrogen and oxygen atoms in total. The molecule has 150 valence electrons. The zero-order valence-corrected chi connectivity index (χ0v) is 16.7. The van der Waals surface area contributed by atoms with Gasteiger partial charge in [-0.1, -0.05) is 20.3 Å². The Morgan fingerprint density at radius 3 is 2.64 bits per heavy atom. The molecule has 1 aliphatic carbocycles. The molecule has 1 saturated carbocycles. The van der Waals surface area contributed by atoms with Gasteiger partial charge in [-0.05, 0) is 43.2 Å². The van der Waals surface area contributed by atoms with E-state index in [-0.39, 0.29) is 17.6 Å². The number of nitrogens with two attached hydrogens (primary N) is 1. The van der Waals surface area contributed by atoms with Gasteiger partial charge in [0.2, 0.25) is 5.43 Å². The monoisotopic (exact) mass is 384 g/mol. The second-order valence-corrected chi connectivity index (χ2v) is 8.43. The van der Waals surface area contributed by atoms with Gasteiger partial charge >= 0.3 is 5.97 Å². The van der Waals surface area contributed by atoms with E-state index in [4.69, 9.17) is 10.7 Å². The van der Waals surface area contributed by atoms with Crippen LogP contribution in [-0.4, -0.2) is 39.8 Å². The third-order valence-electron chi connectivity index (χ3n) is 6.33. The second-order valence-electron chi connectivity index (χ2n) is 8.43. The molecule has 0 amide bonds. The summed E-state index contributed by atoms with van der Waals surface area (Å²) in [4.78, 5) is 31.4. The summed E-state index contributed by atoms with van der Waals surface area (Å²) in [7, 11) is 0. The summed E-state index contributed by atoms with van der Waals surface area (Å²) >= 11 is 0. The summed E-state index contributed by atoms with van der Waals surface area (Å²) in [5.41, 5.74) is 7.26. The molecule has 1 saturated heterocycles. The highest BCUT2D eigenvalue weighted by Crippen LogP contribution is 2.37. The zero-order valence-electron chi connectivity index (χ0n) is 16.7. The van der Waals surface area contributed by atoms with E-state index in [1.54, 1.807) is 6.07 Å². The number of rotatable bonds is 4. The summed E-state index contributed by atoms with van der Waals surface area (Å²) in [5, 5.41) is 9.81. The molecule has 7 heteroatoms. The van der Waals surface area contributed by atoms with Gasteiger partial charge in [-0.2, -0.15) is 0 Å². The topological polar surface area (TPSA) is 101 Å². The van der Waals surface area contributed by atoms with Gasteiger partial charge in [-0.3, -0.25) is 4.79 Å². The van der Waals surface area contributed by atoms with Gasteiger partial charge in [-0.15, -0.1) is 0 Å². The minimum Gasteiger partial charge on any atom is -0.477 e. The van der Waals surface area contributed by atoms with Crippen LogP contribution in [0.15, 0.2) is 17.1 Å². The number of nitrogens with zero attached hydrogens (tertiary/aromatic N) is 3. The molecule has 2 aromatic heterocycles. The Balaban J connectivity index is 1.84. The average Bonchev–Trinajstić information content (AvgIpc) is 3.46. The van der Waals surface area contributed by atoms with E-state index in [0.717, 1.165) is 43.7 Å². The zero-order chi connectivity index (χ0) is 20.2. The molecule has 3 atom stereocenters. The Morgan fingerprint density at radius 1 is 1.36 bits per heavy atom. The number of carboxylic acids is 1. The van der Waals surface area contributed by atoms with Gasteiger partial charge in [0.05, 0.1) is 5.39 Å². The van der Waals surface area contributed by atoms with E-state index >= 15 is 0 Å². The Labute approximate surface area is 164 Å². The molecular formula is C21H28N4O3. The first-order chi connectivity index (χ1) is 13.3. The quantitative estimate of drug-likeness (QED) is 0.840. The van der Waals surface area contributed by atoms with Gasteiger partial charge < -0.3 is 20.3 Å². The first kappa shape index (κ1) is 18.9. The maximum absolute atomic E-state index is 12.7. The van der Waals surface area contributed by atoms with Crippen LogP contribution < -0.4 is 16.1 Å². The Kier molecular flexibility index (Phi) is 4.65. The van der Waals surface area contributed by atoms with E-state index in [1.165, 1.54) is 6.20 Å². The van der Waals surface area contributed by atoms with Crippen LogP contribution in [0.5, 0.6) is 0 Å². The van der Waals surface area contributed by atoms with Crippen molar-refractivity contribution in [2.75, 3.05) is 18.0 Å². The van der Waals surface area contributed by atoms with E-state index in [0.29, 0.717) is 22.9 Å². The predicted octanol–water partition coefficient (Wildman–Crippen LogP) is 2.55. The molecule has 0 bridgehead atoms. The highest BCUT2D eigenvalue weighted by Gasteiger charge is 2.33. The molecule has 0 aromatic carbocycles. The van der Waals surface area contributed by atoms with E-state index in [2.05, 4.69) is 18.7 Å². The van der Waals surface area contributed by atoms with Gasteiger partial charge in [0.15, 0.2) is 0 Å². The Bertz CT molecular complexity index is 983. The van der Waals surface area contributed by atoms with Crippen molar-refractivity contribution < 1.29 is 9.90 Å². The van der Waals surface area contributed by atoms with Crippen LogP contribution in [0.3, 0.4) is 0 Å². The summed E-state index contributed by atoms with van der Waals surface area (Å²) < 4.78 is 1.88. The lowest BCUT2D eigenvalue weighted by molar-refractivity contribution is 0.0695. The minimum atomic E-state index is -1.19. The van der Waals surface area contributed by atoms with Crippen LogP contribution in [0.4, 0.5) is 5.82 Å². The first-order valence-electron chi connectivity index (χ1n) is 10.1. The van der Waals surface area contributed by atoms with Crippen molar-refractivity contribution in [2.45, 2.75) is 52.1 Å². The number of fused-ring (bicyclic) bond motifs is 1. The van der Waals surface area contributed by atoms with Crippen molar-refractivity contribution in [2.24, 2.45) is 17.6 Å². The molecule has 2 fully saturated rings. The Hall–Kier alpha value is -2.41. The van der Waals surface area contributed by atoms with Gasteiger partial charge in [0, 0.05) is 31.4 Å². The van der Waals surface area contributed by atoms with Crippen molar-refractivity contribution in [3.63, 3.8) is 0 Å². The number of piperidine rings is 1. The van der Waals surface area contributed by atoms with Crippen LogP contribution in [-0.2, 0) is 0 Å². The molecule has 0 unspecified atom stereocenters. The molecule has 0 spiro atoms. The lowest BCUT2D eigenvalue weighted by atomic mass is 9.81. The van der Waals surface area contributed by atoms with E-state index in [1.807, 2.05) is 11.5 Å².